The summed E-state index contributed by atoms with van der Waals surface area (Å²) in [7, 11) is -2.10. The Kier molecular flexibility index (Phi) is 3.80. The highest BCUT2D eigenvalue weighted by Gasteiger charge is 2.46. The molecule has 0 amide bonds. The summed E-state index contributed by atoms with van der Waals surface area (Å²) in [5, 5.41) is 14.7. The van der Waals surface area contributed by atoms with Crippen molar-refractivity contribution >= 4 is 21.6 Å². The molecule has 3 rings (SSSR count). The number of fused-ring (bicyclic) bond motifs is 1. The van der Waals surface area contributed by atoms with Gasteiger partial charge in [-0.3, -0.25) is 4.68 Å². The molecule has 6 nitrogen and oxygen atoms in total. The minimum Gasteiger partial charge on any atom is -0.390 e. The molecule has 1 saturated heterocycles. The molecule has 0 aromatic carbocycles. The van der Waals surface area contributed by atoms with E-state index in [9.17, 15) is 13.5 Å². The van der Waals surface area contributed by atoms with Crippen LogP contribution in [-0.4, -0.2) is 46.3 Å². The Bertz CT molecular complexity index is 626. The van der Waals surface area contributed by atoms with E-state index in [-0.39, 0.29) is 16.0 Å². The van der Waals surface area contributed by atoms with Crippen molar-refractivity contribution in [2.75, 3.05) is 13.1 Å². The van der Waals surface area contributed by atoms with Crippen LogP contribution in [0.3, 0.4) is 0 Å². The van der Waals surface area contributed by atoms with Crippen LogP contribution < -0.4 is 0 Å². The minimum atomic E-state index is -3.67. The van der Waals surface area contributed by atoms with Crippen LogP contribution in [0, 0.1) is 5.92 Å². The van der Waals surface area contributed by atoms with Gasteiger partial charge in [0.2, 0.25) is 0 Å². The van der Waals surface area contributed by atoms with Crippen molar-refractivity contribution < 1.29 is 13.5 Å². The number of aliphatic hydroxyl groups is 1. The zero-order valence-corrected chi connectivity index (χ0v) is 13.6. The molecule has 8 heteroatoms. The van der Waals surface area contributed by atoms with Crippen molar-refractivity contribution in [3.05, 3.63) is 11.2 Å². The standard InChI is InChI=1S/C13H20ClN3O3S/c1-16-12(11(14)8-15-16)21(19,20)17-7-6-13(18)5-3-2-4-10(13)9-17/h8,10,18H,2-7,9H2,1H3. The number of halogens is 1. The molecule has 1 aliphatic heterocycles. The smallest absolute Gasteiger partial charge is 0.261 e. The van der Waals surface area contributed by atoms with Gasteiger partial charge in [-0.25, -0.2) is 8.42 Å². The first-order valence-electron chi connectivity index (χ1n) is 7.25. The number of sulfonamides is 1. The molecule has 1 aromatic heterocycles. The number of hydrogen-bond acceptors (Lipinski definition) is 4. The summed E-state index contributed by atoms with van der Waals surface area (Å²) in [6.07, 6.45) is 5.56. The van der Waals surface area contributed by atoms with Gasteiger partial charge in [0.25, 0.3) is 10.0 Å². The molecule has 2 aliphatic rings. The van der Waals surface area contributed by atoms with E-state index in [1.165, 1.54) is 15.2 Å². The summed E-state index contributed by atoms with van der Waals surface area (Å²) < 4.78 is 28.3. The minimum absolute atomic E-state index is 0.0155. The molecule has 2 heterocycles. The van der Waals surface area contributed by atoms with E-state index in [0.717, 1.165) is 25.7 Å². The second-order valence-electron chi connectivity index (χ2n) is 6.08. The van der Waals surface area contributed by atoms with E-state index in [1.807, 2.05) is 0 Å². The van der Waals surface area contributed by atoms with Gasteiger partial charge in [-0.2, -0.15) is 9.40 Å². The van der Waals surface area contributed by atoms with Gasteiger partial charge in [0.15, 0.2) is 5.03 Å². The summed E-state index contributed by atoms with van der Waals surface area (Å²) in [5.41, 5.74) is -0.694. The van der Waals surface area contributed by atoms with Crippen LogP contribution in [0.1, 0.15) is 32.1 Å². The maximum Gasteiger partial charge on any atom is 0.261 e. The SMILES string of the molecule is Cn1ncc(Cl)c1S(=O)(=O)N1CCC2(O)CCCCC2C1. The van der Waals surface area contributed by atoms with Crippen LogP contribution >= 0.6 is 11.6 Å². The van der Waals surface area contributed by atoms with Crippen LogP contribution in [0.25, 0.3) is 0 Å². The normalized spacial score (nSPS) is 31.1. The second kappa shape index (κ2) is 5.22. The molecule has 1 saturated carbocycles. The summed E-state index contributed by atoms with van der Waals surface area (Å²) in [5.74, 6) is 0.0155. The summed E-state index contributed by atoms with van der Waals surface area (Å²) in [6, 6.07) is 0. The molecule has 0 bridgehead atoms. The third-order valence-corrected chi connectivity index (χ3v) is 7.19. The Hall–Kier alpha value is -0.630. The molecule has 1 aromatic rings. The Morgan fingerprint density at radius 1 is 1.43 bits per heavy atom. The Morgan fingerprint density at radius 3 is 2.86 bits per heavy atom. The van der Waals surface area contributed by atoms with Crippen molar-refractivity contribution in [2.45, 2.75) is 42.7 Å². The Labute approximate surface area is 129 Å². The molecule has 2 fully saturated rings. The third-order valence-electron chi connectivity index (χ3n) is 4.82. The first kappa shape index (κ1) is 15.3. The van der Waals surface area contributed by atoms with Gasteiger partial charge in [-0.05, 0) is 19.3 Å². The van der Waals surface area contributed by atoms with Crippen molar-refractivity contribution in [3.8, 4) is 0 Å². The van der Waals surface area contributed by atoms with Gasteiger partial charge in [0.05, 0.1) is 16.8 Å². The highest BCUT2D eigenvalue weighted by molar-refractivity contribution is 7.89. The first-order chi connectivity index (χ1) is 9.84. The number of aromatic nitrogens is 2. The molecule has 0 spiro atoms. The fraction of sp³-hybridized carbons (Fsp3) is 0.769. The van der Waals surface area contributed by atoms with Crippen LogP contribution in [0.2, 0.25) is 5.02 Å². The molecule has 2 atom stereocenters. The van der Waals surface area contributed by atoms with E-state index in [1.54, 1.807) is 7.05 Å². The zero-order valence-electron chi connectivity index (χ0n) is 12.0. The van der Waals surface area contributed by atoms with Gasteiger partial charge in [0.1, 0.15) is 0 Å². The monoisotopic (exact) mass is 333 g/mol. The summed E-state index contributed by atoms with van der Waals surface area (Å²) in [4.78, 5) is 0. The third kappa shape index (κ3) is 2.50. The van der Waals surface area contributed by atoms with Gasteiger partial charge in [0, 0.05) is 26.1 Å². The van der Waals surface area contributed by atoms with Crippen LogP contribution in [0.4, 0.5) is 0 Å². The van der Waals surface area contributed by atoms with E-state index in [2.05, 4.69) is 5.10 Å². The number of nitrogens with zero attached hydrogens (tertiary/aromatic N) is 3. The molecule has 2 unspecified atom stereocenters. The first-order valence-corrected chi connectivity index (χ1v) is 9.06. The van der Waals surface area contributed by atoms with Crippen molar-refractivity contribution in [2.24, 2.45) is 13.0 Å². The fourth-order valence-electron chi connectivity index (χ4n) is 3.57. The predicted molar refractivity (Wildman–Crippen MR) is 78.5 cm³/mol. The summed E-state index contributed by atoms with van der Waals surface area (Å²) >= 11 is 5.98. The van der Waals surface area contributed by atoms with E-state index in [0.29, 0.717) is 19.5 Å². The molecule has 1 aliphatic carbocycles. The number of rotatable bonds is 2. The van der Waals surface area contributed by atoms with Gasteiger partial charge in [-0.15, -0.1) is 0 Å². The highest BCUT2D eigenvalue weighted by Crippen LogP contribution is 2.41. The van der Waals surface area contributed by atoms with Crippen molar-refractivity contribution in [3.63, 3.8) is 0 Å². The topological polar surface area (TPSA) is 75.4 Å². The second-order valence-corrected chi connectivity index (χ2v) is 8.34. The summed E-state index contributed by atoms with van der Waals surface area (Å²) in [6.45, 7) is 0.692. The highest BCUT2D eigenvalue weighted by atomic mass is 35.5. The van der Waals surface area contributed by atoms with Crippen molar-refractivity contribution in [1.29, 1.82) is 0 Å². The number of piperidine rings is 1. The van der Waals surface area contributed by atoms with E-state index >= 15 is 0 Å². The predicted octanol–water partition coefficient (Wildman–Crippen LogP) is 1.39. The fourth-order valence-corrected chi connectivity index (χ4v) is 5.66. The van der Waals surface area contributed by atoms with Crippen LogP contribution in [-0.2, 0) is 17.1 Å². The van der Waals surface area contributed by atoms with Gasteiger partial charge >= 0.3 is 0 Å². The zero-order chi connectivity index (χ0) is 15.3. The van der Waals surface area contributed by atoms with Gasteiger partial charge < -0.3 is 5.11 Å². The Balaban J connectivity index is 1.88. The van der Waals surface area contributed by atoms with E-state index in [4.69, 9.17) is 11.6 Å². The average Bonchev–Trinajstić information content (AvgIpc) is 2.77. The maximum atomic E-state index is 12.8. The van der Waals surface area contributed by atoms with E-state index < -0.39 is 15.6 Å². The molecular formula is C13H20ClN3O3S. The lowest BCUT2D eigenvalue weighted by Gasteiger charge is -2.46. The molecule has 0 radical (unpaired) electrons. The van der Waals surface area contributed by atoms with Crippen LogP contribution in [0.5, 0.6) is 0 Å². The van der Waals surface area contributed by atoms with Crippen LogP contribution in [0.15, 0.2) is 11.2 Å². The molecule has 118 valence electrons. The molecule has 21 heavy (non-hydrogen) atoms. The molecular weight excluding hydrogens is 314 g/mol. The quantitative estimate of drug-likeness (QED) is 0.887. The lowest BCUT2D eigenvalue weighted by molar-refractivity contribution is -0.0817. The Morgan fingerprint density at radius 2 is 2.19 bits per heavy atom. The number of aryl methyl sites for hydroxylation is 1. The average molecular weight is 334 g/mol. The molecule has 1 N–H and O–H groups in total. The lowest BCUT2D eigenvalue weighted by atomic mass is 9.72. The largest absolute Gasteiger partial charge is 0.390 e. The van der Waals surface area contributed by atoms with Gasteiger partial charge in [-0.1, -0.05) is 24.4 Å². The maximum absolute atomic E-state index is 12.8. The lowest BCUT2D eigenvalue weighted by Crippen LogP contribution is -2.54. The number of hydrogen-bond donors (Lipinski definition) is 1. The van der Waals surface area contributed by atoms with Crippen molar-refractivity contribution in [1.82, 2.24) is 14.1 Å².